The van der Waals surface area contributed by atoms with E-state index in [4.69, 9.17) is 4.52 Å². The van der Waals surface area contributed by atoms with E-state index in [0.717, 1.165) is 12.0 Å². The molecule has 2 aromatic heterocycles. The lowest BCUT2D eigenvalue weighted by molar-refractivity contribution is 0.391. The van der Waals surface area contributed by atoms with Crippen molar-refractivity contribution in [2.45, 2.75) is 40.3 Å². The number of aromatic nitrogens is 3. The summed E-state index contributed by atoms with van der Waals surface area (Å²) in [5.41, 5.74) is 0.884. The summed E-state index contributed by atoms with van der Waals surface area (Å²) in [4.78, 5) is 24.0. The van der Waals surface area contributed by atoms with Gasteiger partial charge in [-0.3, -0.25) is 9.36 Å². The van der Waals surface area contributed by atoms with Crippen molar-refractivity contribution in [2.24, 2.45) is 0 Å². The van der Waals surface area contributed by atoms with Crippen LogP contribution in [0.4, 0.5) is 0 Å². The molecule has 0 aliphatic heterocycles. The zero-order chi connectivity index (χ0) is 14.0. The van der Waals surface area contributed by atoms with Crippen LogP contribution in [-0.4, -0.2) is 14.3 Å². The second-order valence-corrected chi connectivity index (χ2v) is 4.52. The van der Waals surface area contributed by atoms with E-state index >= 15 is 0 Å². The second-order valence-electron chi connectivity index (χ2n) is 4.52. The molecular weight excluding hydrogens is 246 g/mol. The molecule has 0 fully saturated rings. The fourth-order valence-corrected chi connectivity index (χ4v) is 2.00. The number of rotatable bonds is 4. The average molecular weight is 263 g/mol. The summed E-state index contributed by atoms with van der Waals surface area (Å²) in [7, 11) is 0. The van der Waals surface area contributed by atoms with Gasteiger partial charge < -0.3 is 9.09 Å². The van der Waals surface area contributed by atoms with Gasteiger partial charge in [0.2, 0.25) is 0 Å². The molecule has 0 aromatic carbocycles. The maximum absolute atomic E-state index is 12.2. The topological polar surface area (TPSA) is 70.0 Å². The molecule has 6 nitrogen and oxygen atoms in total. The summed E-state index contributed by atoms with van der Waals surface area (Å²) in [6.07, 6.45) is 2.38. The molecule has 19 heavy (non-hydrogen) atoms. The number of hydrogen-bond donors (Lipinski definition) is 0. The normalized spacial score (nSPS) is 10.9. The monoisotopic (exact) mass is 263 g/mol. The Balaban J connectivity index is 2.48. The molecule has 0 aliphatic carbocycles. The van der Waals surface area contributed by atoms with Crippen LogP contribution in [-0.2, 0) is 13.1 Å². The second kappa shape index (κ2) is 5.26. The van der Waals surface area contributed by atoms with E-state index < -0.39 is 0 Å². The van der Waals surface area contributed by atoms with Gasteiger partial charge in [0.15, 0.2) is 0 Å². The van der Waals surface area contributed by atoms with Gasteiger partial charge in [-0.25, -0.2) is 4.79 Å². The standard InChI is InChI=1S/C13H17N3O3/c1-4-6-15-7-5-12(17)16(13(15)18)8-11-9(2)14-19-10(11)3/h5,7H,4,6,8H2,1-3H3. The molecule has 0 atom stereocenters. The summed E-state index contributed by atoms with van der Waals surface area (Å²) in [5, 5.41) is 3.83. The lowest BCUT2D eigenvalue weighted by Crippen LogP contribution is -2.39. The summed E-state index contributed by atoms with van der Waals surface area (Å²) in [5.74, 6) is 0.634. The molecule has 0 bridgehead atoms. The van der Waals surface area contributed by atoms with E-state index in [1.165, 1.54) is 16.8 Å². The quantitative estimate of drug-likeness (QED) is 0.827. The Morgan fingerprint density at radius 3 is 2.63 bits per heavy atom. The van der Waals surface area contributed by atoms with Crippen LogP contribution in [0.3, 0.4) is 0 Å². The van der Waals surface area contributed by atoms with Crippen LogP contribution < -0.4 is 11.2 Å². The highest BCUT2D eigenvalue weighted by molar-refractivity contribution is 5.21. The van der Waals surface area contributed by atoms with E-state index in [2.05, 4.69) is 5.16 Å². The van der Waals surface area contributed by atoms with E-state index in [1.807, 2.05) is 6.92 Å². The van der Waals surface area contributed by atoms with Gasteiger partial charge in [-0.15, -0.1) is 0 Å². The van der Waals surface area contributed by atoms with Crippen LogP contribution in [0.5, 0.6) is 0 Å². The molecule has 0 aliphatic rings. The first-order valence-corrected chi connectivity index (χ1v) is 6.26. The molecular formula is C13H17N3O3. The van der Waals surface area contributed by atoms with Gasteiger partial charge in [0.1, 0.15) is 5.76 Å². The zero-order valence-corrected chi connectivity index (χ0v) is 11.3. The Morgan fingerprint density at radius 2 is 2.05 bits per heavy atom. The first-order valence-electron chi connectivity index (χ1n) is 6.26. The van der Waals surface area contributed by atoms with E-state index in [-0.39, 0.29) is 17.8 Å². The molecule has 0 amide bonds. The number of aryl methyl sites for hydroxylation is 3. The number of hydrogen-bond acceptors (Lipinski definition) is 4. The zero-order valence-electron chi connectivity index (χ0n) is 11.3. The predicted molar refractivity (Wildman–Crippen MR) is 70.3 cm³/mol. The van der Waals surface area contributed by atoms with Crippen LogP contribution >= 0.6 is 0 Å². The van der Waals surface area contributed by atoms with Crippen molar-refractivity contribution < 1.29 is 4.52 Å². The SMILES string of the molecule is CCCn1ccc(=O)n(Cc2c(C)noc2C)c1=O. The minimum absolute atomic E-state index is 0.198. The largest absolute Gasteiger partial charge is 0.361 e. The molecule has 102 valence electrons. The van der Waals surface area contributed by atoms with Crippen molar-refractivity contribution in [2.75, 3.05) is 0 Å². The smallest absolute Gasteiger partial charge is 0.331 e. The van der Waals surface area contributed by atoms with Gasteiger partial charge in [-0.1, -0.05) is 12.1 Å². The molecule has 6 heteroatoms. The van der Waals surface area contributed by atoms with Crippen molar-refractivity contribution in [3.8, 4) is 0 Å². The van der Waals surface area contributed by atoms with Crippen molar-refractivity contribution in [3.05, 3.63) is 50.1 Å². The van der Waals surface area contributed by atoms with Crippen molar-refractivity contribution in [3.63, 3.8) is 0 Å². The Morgan fingerprint density at radius 1 is 1.32 bits per heavy atom. The Kier molecular flexibility index (Phi) is 3.69. The fraction of sp³-hybridized carbons (Fsp3) is 0.462. The van der Waals surface area contributed by atoms with Crippen LogP contribution in [0.25, 0.3) is 0 Å². The van der Waals surface area contributed by atoms with Gasteiger partial charge >= 0.3 is 5.69 Å². The Labute approximate surface area is 110 Å². The third kappa shape index (κ3) is 2.52. The van der Waals surface area contributed by atoms with Gasteiger partial charge in [0.05, 0.1) is 12.2 Å². The summed E-state index contributed by atoms with van der Waals surface area (Å²) in [6, 6.07) is 1.41. The van der Waals surface area contributed by atoms with Crippen LogP contribution in [0, 0.1) is 13.8 Å². The molecule has 0 radical (unpaired) electrons. The van der Waals surface area contributed by atoms with Gasteiger partial charge in [-0.05, 0) is 20.3 Å². The lowest BCUT2D eigenvalue weighted by Gasteiger charge is -2.08. The number of nitrogens with zero attached hydrogens (tertiary/aromatic N) is 3. The van der Waals surface area contributed by atoms with E-state index in [1.54, 1.807) is 18.4 Å². The highest BCUT2D eigenvalue weighted by Gasteiger charge is 2.13. The highest BCUT2D eigenvalue weighted by Crippen LogP contribution is 2.12. The van der Waals surface area contributed by atoms with Gasteiger partial charge in [0, 0.05) is 24.4 Å². The molecule has 0 spiro atoms. The lowest BCUT2D eigenvalue weighted by atomic mass is 10.2. The van der Waals surface area contributed by atoms with E-state index in [9.17, 15) is 9.59 Å². The average Bonchev–Trinajstić information content (AvgIpc) is 2.69. The minimum Gasteiger partial charge on any atom is -0.361 e. The fourth-order valence-electron chi connectivity index (χ4n) is 2.00. The summed E-state index contributed by atoms with van der Waals surface area (Å²) in [6.45, 7) is 6.35. The summed E-state index contributed by atoms with van der Waals surface area (Å²) >= 11 is 0. The highest BCUT2D eigenvalue weighted by atomic mass is 16.5. The van der Waals surface area contributed by atoms with Gasteiger partial charge in [-0.2, -0.15) is 0 Å². The molecule has 0 saturated carbocycles. The molecule has 0 N–H and O–H groups in total. The van der Waals surface area contributed by atoms with Gasteiger partial charge in [0.25, 0.3) is 5.56 Å². The minimum atomic E-state index is -0.308. The third-order valence-corrected chi connectivity index (χ3v) is 3.10. The predicted octanol–water partition coefficient (Wildman–Crippen LogP) is 1.07. The Bertz CT molecular complexity index is 674. The molecule has 2 heterocycles. The van der Waals surface area contributed by atoms with E-state index in [0.29, 0.717) is 18.0 Å². The maximum Gasteiger partial charge on any atom is 0.331 e. The van der Waals surface area contributed by atoms with Crippen LogP contribution in [0.2, 0.25) is 0 Å². The van der Waals surface area contributed by atoms with Crippen molar-refractivity contribution >= 4 is 0 Å². The molecule has 0 saturated heterocycles. The molecule has 2 aromatic rings. The Hall–Kier alpha value is -2.11. The maximum atomic E-state index is 12.2. The van der Waals surface area contributed by atoms with Crippen LogP contribution in [0.15, 0.2) is 26.4 Å². The summed E-state index contributed by atoms with van der Waals surface area (Å²) < 4.78 is 7.80. The first-order chi connectivity index (χ1) is 9.04. The first kappa shape index (κ1) is 13.3. The van der Waals surface area contributed by atoms with Crippen molar-refractivity contribution in [1.29, 1.82) is 0 Å². The molecule has 2 rings (SSSR count). The molecule has 0 unspecified atom stereocenters. The third-order valence-electron chi connectivity index (χ3n) is 3.10. The van der Waals surface area contributed by atoms with Crippen LogP contribution in [0.1, 0.15) is 30.4 Å². The van der Waals surface area contributed by atoms with Crippen molar-refractivity contribution in [1.82, 2.24) is 14.3 Å².